The van der Waals surface area contributed by atoms with Gasteiger partial charge in [0.05, 0.1) is 6.61 Å². The first kappa shape index (κ1) is 11.7. The van der Waals surface area contributed by atoms with Crippen LogP contribution in [0.3, 0.4) is 0 Å². The molecule has 2 saturated heterocycles. The molecule has 2 aliphatic heterocycles. The van der Waals surface area contributed by atoms with Gasteiger partial charge in [-0.1, -0.05) is 0 Å². The molecule has 1 saturated carbocycles. The van der Waals surface area contributed by atoms with Gasteiger partial charge in [-0.15, -0.1) is 0 Å². The second-order valence-corrected chi connectivity index (χ2v) is 4.92. The molecule has 3 fully saturated rings. The lowest BCUT2D eigenvalue weighted by atomic mass is 9.71. The molecule has 0 radical (unpaired) electrons. The lowest BCUT2D eigenvalue weighted by Crippen LogP contribution is -2.54. The lowest BCUT2D eigenvalue weighted by molar-refractivity contribution is 0.000401. The molecule has 1 aliphatic carbocycles. The molecule has 1 amide bonds. The van der Waals surface area contributed by atoms with Crippen LogP contribution in [0, 0.1) is 11.8 Å². The zero-order chi connectivity index (χ0) is 11.5. The second-order valence-electron chi connectivity index (χ2n) is 4.92. The van der Waals surface area contributed by atoms with Crippen molar-refractivity contribution in [1.29, 1.82) is 0 Å². The highest BCUT2D eigenvalue weighted by Gasteiger charge is 2.42. The number of hydrogen-bond donors (Lipinski definition) is 1. The van der Waals surface area contributed by atoms with Crippen molar-refractivity contribution in [2.75, 3.05) is 19.7 Å². The maximum atomic E-state index is 11.7. The van der Waals surface area contributed by atoms with E-state index in [1.165, 1.54) is 6.42 Å². The molecule has 0 aromatic heterocycles. The number of amides is 1. The van der Waals surface area contributed by atoms with Gasteiger partial charge in [0.2, 0.25) is 0 Å². The monoisotopic (exact) mass is 226 g/mol. The second kappa shape index (κ2) is 5.04. The van der Waals surface area contributed by atoms with E-state index in [2.05, 4.69) is 0 Å². The number of fused-ring (bicyclic) bond motifs is 3. The molecule has 2 heterocycles. The third kappa shape index (κ3) is 2.17. The van der Waals surface area contributed by atoms with Crippen molar-refractivity contribution in [2.24, 2.45) is 17.6 Å². The van der Waals surface area contributed by atoms with Crippen LogP contribution in [0.2, 0.25) is 0 Å². The fourth-order valence-electron chi connectivity index (χ4n) is 3.22. The van der Waals surface area contributed by atoms with E-state index in [0.717, 1.165) is 38.3 Å². The maximum Gasteiger partial charge on any atom is 0.410 e. The number of carbonyl (C=O) groups is 1. The molecular weight excluding hydrogens is 204 g/mol. The van der Waals surface area contributed by atoms with Crippen molar-refractivity contribution >= 4 is 6.09 Å². The number of nitrogens with two attached hydrogens (primary N) is 1. The minimum absolute atomic E-state index is 0.122. The van der Waals surface area contributed by atoms with E-state index in [9.17, 15) is 4.79 Å². The Morgan fingerprint density at radius 1 is 1.50 bits per heavy atom. The van der Waals surface area contributed by atoms with Crippen molar-refractivity contribution in [3.8, 4) is 0 Å². The highest BCUT2D eigenvalue weighted by molar-refractivity contribution is 5.68. The summed E-state index contributed by atoms with van der Waals surface area (Å²) in [4.78, 5) is 13.7. The van der Waals surface area contributed by atoms with Crippen LogP contribution in [0.1, 0.15) is 32.6 Å². The number of carbonyl (C=O) groups excluding carboxylic acids is 1. The fourth-order valence-corrected chi connectivity index (χ4v) is 3.22. The van der Waals surface area contributed by atoms with E-state index in [-0.39, 0.29) is 6.09 Å². The van der Waals surface area contributed by atoms with Crippen LogP contribution in [0.5, 0.6) is 0 Å². The van der Waals surface area contributed by atoms with Crippen LogP contribution < -0.4 is 5.73 Å². The summed E-state index contributed by atoms with van der Waals surface area (Å²) < 4.78 is 5.09. The zero-order valence-electron chi connectivity index (χ0n) is 10.0. The average Bonchev–Trinajstić information content (AvgIpc) is 2.30. The quantitative estimate of drug-likeness (QED) is 0.795. The molecule has 16 heavy (non-hydrogen) atoms. The Bertz CT molecular complexity index is 257. The van der Waals surface area contributed by atoms with Crippen LogP contribution in [-0.2, 0) is 4.74 Å². The van der Waals surface area contributed by atoms with Crippen LogP contribution in [-0.4, -0.2) is 36.7 Å². The largest absolute Gasteiger partial charge is 0.450 e. The summed E-state index contributed by atoms with van der Waals surface area (Å²) in [5.41, 5.74) is 5.63. The first-order chi connectivity index (χ1) is 7.76. The number of ether oxygens (including phenoxy) is 1. The fraction of sp³-hybridized carbons (Fsp3) is 0.917. The summed E-state index contributed by atoms with van der Waals surface area (Å²) in [6, 6.07) is 0.403. The molecule has 4 nitrogen and oxygen atoms in total. The Balaban J connectivity index is 1.95. The molecule has 0 aromatic rings. The van der Waals surface area contributed by atoms with Gasteiger partial charge in [-0.25, -0.2) is 4.79 Å². The van der Waals surface area contributed by atoms with Gasteiger partial charge in [-0.3, -0.25) is 0 Å². The Morgan fingerprint density at radius 3 is 2.88 bits per heavy atom. The van der Waals surface area contributed by atoms with Gasteiger partial charge >= 0.3 is 6.09 Å². The van der Waals surface area contributed by atoms with Gasteiger partial charge in [0.25, 0.3) is 0 Å². The number of hydrogen-bond acceptors (Lipinski definition) is 3. The van der Waals surface area contributed by atoms with E-state index in [0.29, 0.717) is 18.6 Å². The molecule has 92 valence electrons. The third-order valence-electron chi connectivity index (χ3n) is 4.02. The minimum Gasteiger partial charge on any atom is -0.450 e. The smallest absolute Gasteiger partial charge is 0.410 e. The molecule has 3 aliphatic rings. The first-order valence-corrected chi connectivity index (χ1v) is 6.39. The molecule has 2 N–H and O–H groups in total. The highest BCUT2D eigenvalue weighted by atomic mass is 16.6. The van der Waals surface area contributed by atoms with Gasteiger partial charge in [0.1, 0.15) is 0 Å². The predicted octanol–water partition coefficient (Wildman–Crippen LogP) is 1.59. The molecule has 0 aromatic carbocycles. The maximum absolute atomic E-state index is 11.7. The van der Waals surface area contributed by atoms with Crippen molar-refractivity contribution in [3.63, 3.8) is 0 Å². The van der Waals surface area contributed by atoms with E-state index >= 15 is 0 Å². The summed E-state index contributed by atoms with van der Waals surface area (Å²) in [6.07, 6.45) is 4.51. The van der Waals surface area contributed by atoms with E-state index < -0.39 is 0 Å². The molecule has 4 heteroatoms. The van der Waals surface area contributed by atoms with Gasteiger partial charge in [-0.2, -0.15) is 0 Å². The first-order valence-electron chi connectivity index (χ1n) is 6.39. The molecule has 3 atom stereocenters. The Hall–Kier alpha value is -0.770. The normalized spacial score (nSPS) is 32.9. The SMILES string of the molecule is CCOC(=O)N1CC2CCC1CC2CCN. The zero-order valence-corrected chi connectivity index (χ0v) is 10.0. The van der Waals surface area contributed by atoms with Crippen molar-refractivity contribution < 1.29 is 9.53 Å². The molecule has 3 rings (SSSR count). The standard InChI is InChI=1S/C12H22N2O2/c1-2-16-12(15)14-8-10-3-4-11(14)7-9(10)5-6-13/h9-11H,2-8,13H2,1H3. The summed E-state index contributed by atoms with van der Waals surface area (Å²) in [6.45, 7) is 3.98. The van der Waals surface area contributed by atoms with Crippen LogP contribution in [0.15, 0.2) is 0 Å². The van der Waals surface area contributed by atoms with E-state index in [1.807, 2.05) is 11.8 Å². The average molecular weight is 226 g/mol. The molecule has 0 spiro atoms. The summed E-state index contributed by atoms with van der Waals surface area (Å²) in [5.74, 6) is 1.38. The molecule has 2 bridgehead atoms. The van der Waals surface area contributed by atoms with Crippen LogP contribution >= 0.6 is 0 Å². The van der Waals surface area contributed by atoms with Crippen LogP contribution in [0.25, 0.3) is 0 Å². The Kier molecular flexibility index (Phi) is 3.69. The summed E-state index contributed by atoms with van der Waals surface area (Å²) in [7, 11) is 0. The number of rotatable bonds is 3. The molecule has 3 unspecified atom stereocenters. The highest BCUT2D eigenvalue weighted by Crippen LogP contribution is 2.40. The summed E-state index contributed by atoms with van der Waals surface area (Å²) in [5, 5.41) is 0. The Labute approximate surface area is 97.1 Å². The Morgan fingerprint density at radius 2 is 2.31 bits per heavy atom. The minimum atomic E-state index is -0.122. The van der Waals surface area contributed by atoms with Gasteiger partial charge in [-0.05, 0) is 51.0 Å². The van der Waals surface area contributed by atoms with Crippen molar-refractivity contribution in [1.82, 2.24) is 4.90 Å². The van der Waals surface area contributed by atoms with Crippen molar-refractivity contribution in [2.45, 2.75) is 38.6 Å². The van der Waals surface area contributed by atoms with Gasteiger partial charge in [0, 0.05) is 12.6 Å². The molecular formula is C12H22N2O2. The number of piperidine rings is 2. The van der Waals surface area contributed by atoms with Crippen molar-refractivity contribution in [3.05, 3.63) is 0 Å². The summed E-state index contributed by atoms with van der Waals surface area (Å²) >= 11 is 0. The topological polar surface area (TPSA) is 55.6 Å². The van der Waals surface area contributed by atoms with Gasteiger partial charge < -0.3 is 15.4 Å². The number of nitrogens with zero attached hydrogens (tertiary/aromatic N) is 1. The third-order valence-corrected chi connectivity index (χ3v) is 4.02. The lowest BCUT2D eigenvalue weighted by Gasteiger charge is -2.49. The van der Waals surface area contributed by atoms with Gasteiger partial charge in [0.15, 0.2) is 0 Å². The van der Waals surface area contributed by atoms with E-state index in [4.69, 9.17) is 10.5 Å². The predicted molar refractivity (Wildman–Crippen MR) is 62.0 cm³/mol. The van der Waals surface area contributed by atoms with E-state index in [1.54, 1.807) is 0 Å². The van der Waals surface area contributed by atoms with Crippen LogP contribution in [0.4, 0.5) is 4.79 Å².